The van der Waals surface area contributed by atoms with Crippen LogP contribution in [0.5, 0.6) is 0 Å². The van der Waals surface area contributed by atoms with Gasteiger partial charge in [-0.05, 0) is 19.8 Å². The predicted molar refractivity (Wildman–Crippen MR) is 70.1 cm³/mol. The van der Waals surface area contributed by atoms with E-state index in [9.17, 15) is 14.4 Å². The van der Waals surface area contributed by atoms with Crippen LogP contribution in [0.3, 0.4) is 0 Å². The third-order valence-electron chi connectivity index (χ3n) is 3.16. The number of likely N-dealkylation sites (tertiary alicyclic amines) is 1. The van der Waals surface area contributed by atoms with Crippen molar-refractivity contribution < 1.29 is 24.6 Å². The van der Waals surface area contributed by atoms with Gasteiger partial charge in [0, 0.05) is 26.1 Å². The first kappa shape index (κ1) is 16.2. The first-order valence-electron chi connectivity index (χ1n) is 6.65. The van der Waals surface area contributed by atoms with Crippen molar-refractivity contribution in [3.05, 3.63) is 0 Å². The monoisotopic (exact) mass is 287 g/mol. The molecule has 1 rings (SSSR count). The maximum absolute atomic E-state index is 12.0. The minimum atomic E-state index is -1.23. The summed E-state index contributed by atoms with van der Waals surface area (Å²) < 4.78 is 0. The van der Waals surface area contributed by atoms with E-state index >= 15 is 0 Å². The van der Waals surface area contributed by atoms with Gasteiger partial charge in [0.1, 0.15) is 12.1 Å². The Hall–Kier alpha value is -1.83. The quantitative estimate of drug-likeness (QED) is 0.506. The van der Waals surface area contributed by atoms with E-state index in [0.29, 0.717) is 13.1 Å². The molecule has 0 radical (unpaired) electrons. The Balaban J connectivity index is 2.43. The normalized spacial score (nSPS) is 17.4. The van der Waals surface area contributed by atoms with Crippen LogP contribution in [-0.4, -0.2) is 64.8 Å². The molecule has 0 bridgehead atoms. The van der Waals surface area contributed by atoms with Gasteiger partial charge in [-0.1, -0.05) is 0 Å². The Kier molecular flexibility index (Phi) is 6.23. The van der Waals surface area contributed by atoms with Gasteiger partial charge in [0.05, 0.1) is 0 Å². The number of carbonyl (C=O) groups excluding carboxylic acids is 2. The zero-order valence-corrected chi connectivity index (χ0v) is 11.5. The Morgan fingerprint density at radius 1 is 1.20 bits per heavy atom. The molecule has 0 spiro atoms. The fraction of sp³-hybridized carbons (Fsp3) is 0.750. The summed E-state index contributed by atoms with van der Waals surface area (Å²) in [6, 6.07) is -2.61. The number of nitrogens with one attached hydrogen (secondary N) is 2. The van der Waals surface area contributed by atoms with E-state index in [1.54, 1.807) is 11.8 Å². The van der Waals surface area contributed by atoms with Crippen LogP contribution in [0.25, 0.3) is 0 Å². The lowest BCUT2D eigenvalue weighted by atomic mass is 10.2. The first-order chi connectivity index (χ1) is 9.45. The number of aliphatic hydroxyl groups is 1. The molecule has 1 unspecified atom stereocenters. The minimum absolute atomic E-state index is 0.0861. The van der Waals surface area contributed by atoms with Crippen molar-refractivity contribution >= 4 is 17.9 Å². The molecular formula is C12H21N3O5. The highest BCUT2D eigenvalue weighted by Gasteiger charge is 2.26. The SMILES string of the molecule is CC(NC(=O)N[C@H](CCO)C(=O)O)C(=O)N1CCCC1. The molecule has 114 valence electrons. The number of nitrogens with zero attached hydrogens (tertiary/aromatic N) is 1. The van der Waals surface area contributed by atoms with Crippen LogP contribution >= 0.6 is 0 Å². The molecule has 1 heterocycles. The van der Waals surface area contributed by atoms with Crippen molar-refractivity contribution in [2.24, 2.45) is 0 Å². The van der Waals surface area contributed by atoms with Crippen LogP contribution in [-0.2, 0) is 9.59 Å². The van der Waals surface area contributed by atoms with Crippen LogP contribution in [0, 0.1) is 0 Å². The largest absolute Gasteiger partial charge is 0.480 e. The first-order valence-corrected chi connectivity index (χ1v) is 6.65. The number of carboxylic acids is 1. The van der Waals surface area contributed by atoms with Crippen LogP contribution in [0.15, 0.2) is 0 Å². The summed E-state index contributed by atoms with van der Waals surface area (Å²) >= 11 is 0. The number of hydrogen-bond acceptors (Lipinski definition) is 4. The molecule has 1 aliphatic rings. The van der Waals surface area contributed by atoms with Crippen molar-refractivity contribution in [3.8, 4) is 0 Å². The molecule has 0 aromatic rings. The maximum atomic E-state index is 12.0. The van der Waals surface area contributed by atoms with Crippen molar-refractivity contribution in [3.63, 3.8) is 0 Å². The Bertz CT molecular complexity index is 368. The fourth-order valence-corrected chi connectivity index (χ4v) is 2.06. The molecule has 1 saturated heterocycles. The number of hydrogen-bond donors (Lipinski definition) is 4. The number of aliphatic hydroxyl groups excluding tert-OH is 1. The molecule has 0 aliphatic carbocycles. The van der Waals surface area contributed by atoms with Crippen molar-refractivity contribution in [2.75, 3.05) is 19.7 Å². The molecular weight excluding hydrogens is 266 g/mol. The summed E-state index contributed by atoms with van der Waals surface area (Å²) in [6.07, 6.45) is 1.84. The van der Waals surface area contributed by atoms with Gasteiger partial charge in [0.15, 0.2) is 0 Å². The summed E-state index contributed by atoms with van der Waals surface area (Å²) in [5.74, 6) is -1.40. The summed E-state index contributed by atoms with van der Waals surface area (Å²) in [4.78, 5) is 36.1. The second-order valence-corrected chi connectivity index (χ2v) is 4.77. The number of aliphatic carboxylic acids is 1. The second kappa shape index (κ2) is 7.68. The molecule has 1 fully saturated rings. The lowest BCUT2D eigenvalue weighted by molar-refractivity contribution is -0.139. The van der Waals surface area contributed by atoms with Gasteiger partial charge < -0.3 is 25.7 Å². The van der Waals surface area contributed by atoms with E-state index in [2.05, 4.69) is 10.6 Å². The molecule has 8 heteroatoms. The highest BCUT2D eigenvalue weighted by atomic mass is 16.4. The van der Waals surface area contributed by atoms with E-state index in [0.717, 1.165) is 12.8 Å². The summed E-state index contributed by atoms with van der Waals surface area (Å²) in [6.45, 7) is 2.59. The molecule has 3 amide bonds. The average molecular weight is 287 g/mol. The van der Waals surface area contributed by atoms with Crippen LogP contribution in [0.1, 0.15) is 26.2 Å². The minimum Gasteiger partial charge on any atom is -0.480 e. The molecule has 4 N–H and O–H groups in total. The molecule has 0 aromatic heterocycles. The lowest BCUT2D eigenvalue weighted by Gasteiger charge is -2.22. The van der Waals surface area contributed by atoms with Crippen LogP contribution in [0.2, 0.25) is 0 Å². The standard InChI is InChI=1S/C12H21N3O5/c1-8(10(17)15-5-2-3-6-15)13-12(20)14-9(4-7-16)11(18)19/h8-9,16H,2-7H2,1H3,(H,18,19)(H2,13,14,20)/t8?,9-/m1/s1. The molecule has 0 saturated carbocycles. The zero-order valence-electron chi connectivity index (χ0n) is 11.5. The van der Waals surface area contributed by atoms with E-state index in [1.165, 1.54) is 0 Å². The predicted octanol–water partition coefficient (Wildman–Crippen LogP) is -0.868. The molecule has 8 nitrogen and oxygen atoms in total. The van der Waals surface area contributed by atoms with Gasteiger partial charge in [0.2, 0.25) is 5.91 Å². The second-order valence-electron chi connectivity index (χ2n) is 4.77. The summed E-state index contributed by atoms with van der Waals surface area (Å²) in [5.41, 5.74) is 0. The van der Waals surface area contributed by atoms with Gasteiger partial charge in [0.25, 0.3) is 0 Å². The average Bonchev–Trinajstić information content (AvgIpc) is 2.90. The molecule has 2 atom stereocenters. The van der Waals surface area contributed by atoms with Gasteiger partial charge in [-0.2, -0.15) is 0 Å². The van der Waals surface area contributed by atoms with Crippen molar-refractivity contribution in [1.82, 2.24) is 15.5 Å². The van der Waals surface area contributed by atoms with Crippen LogP contribution in [0.4, 0.5) is 4.79 Å². The Labute approximate surface area is 117 Å². The number of rotatable bonds is 6. The van der Waals surface area contributed by atoms with E-state index in [4.69, 9.17) is 10.2 Å². The highest BCUT2D eigenvalue weighted by Crippen LogP contribution is 2.08. The Morgan fingerprint density at radius 3 is 2.30 bits per heavy atom. The van der Waals surface area contributed by atoms with E-state index in [1.807, 2.05) is 0 Å². The van der Waals surface area contributed by atoms with Crippen LogP contribution < -0.4 is 10.6 Å². The Morgan fingerprint density at radius 2 is 1.80 bits per heavy atom. The summed E-state index contributed by atoms with van der Waals surface area (Å²) in [5, 5.41) is 22.2. The van der Waals surface area contributed by atoms with Gasteiger partial charge in [-0.3, -0.25) is 4.79 Å². The van der Waals surface area contributed by atoms with Gasteiger partial charge >= 0.3 is 12.0 Å². The van der Waals surface area contributed by atoms with Gasteiger partial charge in [-0.25, -0.2) is 9.59 Å². The van der Waals surface area contributed by atoms with E-state index < -0.39 is 24.1 Å². The molecule has 1 aliphatic heterocycles. The third-order valence-corrected chi connectivity index (χ3v) is 3.16. The smallest absolute Gasteiger partial charge is 0.326 e. The fourth-order valence-electron chi connectivity index (χ4n) is 2.06. The number of amides is 3. The molecule has 0 aromatic carbocycles. The highest BCUT2D eigenvalue weighted by molar-refractivity contribution is 5.88. The number of carboxylic acid groups (broad SMARTS) is 1. The third kappa shape index (κ3) is 4.69. The van der Waals surface area contributed by atoms with E-state index in [-0.39, 0.29) is 18.9 Å². The lowest BCUT2D eigenvalue weighted by Crippen LogP contribution is -2.52. The number of carbonyl (C=O) groups is 3. The topological polar surface area (TPSA) is 119 Å². The zero-order chi connectivity index (χ0) is 15.1. The number of urea groups is 1. The van der Waals surface area contributed by atoms with Gasteiger partial charge in [-0.15, -0.1) is 0 Å². The van der Waals surface area contributed by atoms with Crippen molar-refractivity contribution in [1.29, 1.82) is 0 Å². The molecule has 20 heavy (non-hydrogen) atoms. The summed E-state index contributed by atoms with van der Waals surface area (Å²) in [7, 11) is 0. The van der Waals surface area contributed by atoms with Crippen molar-refractivity contribution in [2.45, 2.75) is 38.3 Å². The maximum Gasteiger partial charge on any atom is 0.326 e.